The average Bonchev–Trinajstić information content (AvgIpc) is 2.34. The molecule has 4 nitrogen and oxygen atoms in total. The number of nitrogens with two attached hydrogens (primary N) is 1. The Balaban J connectivity index is 2.53. The van der Waals surface area contributed by atoms with Crippen LogP contribution in [0, 0.1) is 12.8 Å². The van der Waals surface area contributed by atoms with Crippen molar-refractivity contribution in [2.45, 2.75) is 26.8 Å². The smallest absolute Gasteiger partial charge is 0.143 e. The first-order chi connectivity index (χ1) is 8.04. The summed E-state index contributed by atoms with van der Waals surface area (Å²) in [6.07, 6.45) is 0. The number of nitrogens with one attached hydrogen (secondary N) is 1. The highest BCUT2D eigenvalue weighted by molar-refractivity contribution is 5.82. The van der Waals surface area contributed by atoms with E-state index in [1.54, 1.807) is 0 Å². The summed E-state index contributed by atoms with van der Waals surface area (Å²) in [6.45, 7) is 6.79. The van der Waals surface area contributed by atoms with E-state index in [2.05, 4.69) is 48.6 Å². The van der Waals surface area contributed by atoms with Crippen molar-refractivity contribution in [3.8, 4) is 0 Å². The first kappa shape index (κ1) is 13.5. The van der Waals surface area contributed by atoms with Gasteiger partial charge in [0.05, 0.1) is 0 Å². The number of hydrogen-bond donors (Lipinski definition) is 3. The van der Waals surface area contributed by atoms with Gasteiger partial charge in [-0.05, 0) is 19.4 Å². The molecular formula is C13H21N3O. The van der Waals surface area contributed by atoms with Crippen LogP contribution in [0.3, 0.4) is 0 Å². The molecule has 4 N–H and O–H groups in total. The summed E-state index contributed by atoms with van der Waals surface area (Å²) in [5.41, 5.74) is 8.02. The second-order valence-electron chi connectivity index (χ2n) is 4.47. The van der Waals surface area contributed by atoms with Crippen LogP contribution in [-0.4, -0.2) is 17.6 Å². The molecule has 0 aromatic heterocycles. The first-order valence-electron chi connectivity index (χ1n) is 5.82. The van der Waals surface area contributed by atoms with Gasteiger partial charge in [-0.1, -0.05) is 41.9 Å². The number of benzene rings is 1. The Bertz CT molecular complexity index is 390. The SMILES string of the molecule is Cc1cccc([C@@H](C)NCC(C)/C(N)=N/O)c1. The molecule has 0 heterocycles. The summed E-state index contributed by atoms with van der Waals surface area (Å²) in [4.78, 5) is 0. The lowest BCUT2D eigenvalue weighted by atomic mass is 10.0. The molecule has 2 atom stereocenters. The van der Waals surface area contributed by atoms with Gasteiger partial charge in [-0.15, -0.1) is 0 Å². The van der Waals surface area contributed by atoms with Crippen molar-refractivity contribution in [1.82, 2.24) is 5.32 Å². The van der Waals surface area contributed by atoms with Crippen molar-refractivity contribution in [1.29, 1.82) is 0 Å². The quantitative estimate of drug-likeness (QED) is 0.316. The van der Waals surface area contributed by atoms with Gasteiger partial charge in [0.1, 0.15) is 5.84 Å². The van der Waals surface area contributed by atoms with Gasteiger partial charge >= 0.3 is 0 Å². The molecule has 0 saturated carbocycles. The molecule has 94 valence electrons. The number of oxime groups is 1. The molecular weight excluding hydrogens is 214 g/mol. The molecule has 0 aliphatic rings. The van der Waals surface area contributed by atoms with Crippen LogP contribution in [0.2, 0.25) is 0 Å². The Kier molecular flexibility index (Phi) is 4.97. The van der Waals surface area contributed by atoms with E-state index in [-0.39, 0.29) is 17.8 Å². The van der Waals surface area contributed by atoms with Crippen LogP contribution in [0.15, 0.2) is 29.4 Å². The summed E-state index contributed by atoms with van der Waals surface area (Å²) < 4.78 is 0. The fourth-order valence-electron chi connectivity index (χ4n) is 1.61. The Morgan fingerprint density at radius 2 is 2.18 bits per heavy atom. The molecule has 0 spiro atoms. The normalized spacial score (nSPS) is 15.6. The molecule has 0 amide bonds. The zero-order valence-electron chi connectivity index (χ0n) is 10.6. The van der Waals surface area contributed by atoms with Crippen LogP contribution in [0.1, 0.15) is 31.0 Å². The average molecular weight is 235 g/mol. The zero-order valence-corrected chi connectivity index (χ0v) is 10.6. The molecule has 17 heavy (non-hydrogen) atoms. The summed E-state index contributed by atoms with van der Waals surface area (Å²) in [5.74, 6) is 0.279. The predicted octanol–water partition coefficient (Wildman–Crippen LogP) is 2.03. The van der Waals surface area contributed by atoms with E-state index < -0.39 is 0 Å². The maximum absolute atomic E-state index is 8.56. The molecule has 1 rings (SSSR count). The van der Waals surface area contributed by atoms with Gasteiger partial charge in [-0.25, -0.2) is 0 Å². The third-order valence-corrected chi connectivity index (χ3v) is 2.89. The van der Waals surface area contributed by atoms with Crippen molar-refractivity contribution >= 4 is 5.84 Å². The third kappa shape index (κ3) is 4.07. The van der Waals surface area contributed by atoms with E-state index in [9.17, 15) is 0 Å². The van der Waals surface area contributed by atoms with Crippen molar-refractivity contribution < 1.29 is 5.21 Å². The van der Waals surface area contributed by atoms with E-state index in [0.717, 1.165) is 0 Å². The fraction of sp³-hybridized carbons (Fsp3) is 0.462. The minimum Gasteiger partial charge on any atom is -0.409 e. The zero-order chi connectivity index (χ0) is 12.8. The van der Waals surface area contributed by atoms with E-state index in [4.69, 9.17) is 10.9 Å². The standard InChI is InChI=1S/C13H21N3O/c1-9-5-4-6-12(7-9)11(3)15-8-10(2)13(14)16-17/h4-7,10-11,15,17H,8H2,1-3H3,(H2,14,16)/t10?,11-/m1/s1. The molecule has 1 aromatic carbocycles. The van der Waals surface area contributed by atoms with Crippen LogP contribution in [0.5, 0.6) is 0 Å². The molecule has 0 aliphatic carbocycles. The van der Waals surface area contributed by atoms with Gasteiger partial charge in [-0.3, -0.25) is 0 Å². The molecule has 0 saturated heterocycles. The van der Waals surface area contributed by atoms with Crippen LogP contribution >= 0.6 is 0 Å². The number of nitrogens with zero attached hydrogens (tertiary/aromatic N) is 1. The monoisotopic (exact) mass is 235 g/mol. The minimum atomic E-state index is 0.0206. The maximum Gasteiger partial charge on any atom is 0.143 e. The molecule has 1 aromatic rings. The summed E-state index contributed by atoms with van der Waals surface area (Å²) in [7, 11) is 0. The minimum absolute atomic E-state index is 0.0206. The largest absolute Gasteiger partial charge is 0.409 e. The number of amidine groups is 1. The third-order valence-electron chi connectivity index (χ3n) is 2.89. The van der Waals surface area contributed by atoms with Gasteiger partial charge in [0, 0.05) is 18.5 Å². The summed E-state index contributed by atoms with van der Waals surface area (Å²) in [6, 6.07) is 8.64. The van der Waals surface area contributed by atoms with Crippen molar-refractivity contribution in [3.63, 3.8) is 0 Å². The summed E-state index contributed by atoms with van der Waals surface area (Å²) in [5, 5.41) is 14.9. The second kappa shape index (κ2) is 6.25. The molecule has 1 unspecified atom stereocenters. The maximum atomic E-state index is 8.56. The van der Waals surface area contributed by atoms with Gasteiger partial charge in [-0.2, -0.15) is 0 Å². The second-order valence-corrected chi connectivity index (χ2v) is 4.47. The van der Waals surface area contributed by atoms with Gasteiger partial charge < -0.3 is 16.3 Å². The lowest BCUT2D eigenvalue weighted by Crippen LogP contribution is -2.32. The molecule has 0 aliphatic heterocycles. The van der Waals surface area contributed by atoms with Crippen LogP contribution in [0.25, 0.3) is 0 Å². The Labute approximate surface area is 103 Å². The molecule has 4 heteroatoms. The number of hydrogen-bond acceptors (Lipinski definition) is 3. The lowest BCUT2D eigenvalue weighted by Gasteiger charge is -2.17. The lowest BCUT2D eigenvalue weighted by molar-refractivity contribution is 0.313. The van der Waals surface area contributed by atoms with Gasteiger partial charge in [0.25, 0.3) is 0 Å². The number of aryl methyl sites for hydroxylation is 1. The van der Waals surface area contributed by atoms with Crippen molar-refractivity contribution in [2.24, 2.45) is 16.8 Å². The summed E-state index contributed by atoms with van der Waals surface area (Å²) >= 11 is 0. The highest BCUT2D eigenvalue weighted by atomic mass is 16.4. The first-order valence-corrected chi connectivity index (χ1v) is 5.82. The van der Waals surface area contributed by atoms with Crippen LogP contribution in [-0.2, 0) is 0 Å². The molecule has 0 radical (unpaired) electrons. The van der Waals surface area contributed by atoms with E-state index in [1.807, 2.05) is 6.92 Å². The van der Waals surface area contributed by atoms with Crippen LogP contribution in [0.4, 0.5) is 0 Å². The van der Waals surface area contributed by atoms with Gasteiger partial charge in [0.15, 0.2) is 0 Å². The Morgan fingerprint density at radius 3 is 2.76 bits per heavy atom. The van der Waals surface area contributed by atoms with Crippen molar-refractivity contribution in [2.75, 3.05) is 6.54 Å². The fourth-order valence-corrected chi connectivity index (χ4v) is 1.61. The van der Waals surface area contributed by atoms with Crippen molar-refractivity contribution in [3.05, 3.63) is 35.4 Å². The molecule has 0 fully saturated rings. The van der Waals surface area contributed by atoms with E-state index >= 15 is 0 Å². The van der Waals surface area contributed by atoms with E-state index in [0.29, 0.717) is 6.54 Å². The highest BCUT2D eigenvalue weighted by Crippen LogP contribution is 2.13. The number of rotatable bonds is 5. The van der Waals surface area contributed by atoms with Gasteiger partial charge in [0.2, 0.25) is 0 Å². The predicted molar refractivity (Wildman–Crippen MR) is 70.2 cm³/mol. The molecule has 0 bridgehead atoms. The van der Waals surface area contributed by atoms with E-state index in [1.165, 1.54) is 11.1 Å². The Morgan fingerprint density at radius 1 is 1.47 bits per heavy atom. The Hall–Kier alpha value is -1.55. The van der Waals surface area contributed by atoms with Crippen LogP contribution < -0.4 is 11.1 Å². The highest BCUT2D eigenvalue weighted by Gasteiger charge is 2.10. The topological polar surface area (TPSA) is 70.6 Å².